The molecule has 0 unspecified atom stereocenters. The standard InChI is InChI=1S/C53H58N3O11P/c1-4-7-11-26-45(47(5-2)56(38-57)67-53(60)46-27-18-19-28-49(46)63-34-39-20-12-8-13-21-39)51(58)54-37-55-52(59)50-30-29-48(66-50)42-31-43(62-6-3)33-44(32-42)68(61,64-35-40-22-14-9-15-23-40)65-36-41-24-16-10-17-25-41/h8-10,12-25,27-33,38,45,47H,4-7,11,26,34-37H2,1-3H3,(H,54,58)(H,55,59)/t45-,47-/m1/s1. The molecule has 0 spiro atoms. The number of hydroxylamine groups is 2. The summed E-state index contributed by atoms with van der Waals surface area (Å²) in [6.07, 6.45) is 3.46. The number of rotatable bonds is 27. The van der Waals surface area contributed by atoms with Crippen LogP contribution in [0.25, 0.3) is 11.3 Å². The van der Waals surface area contributed by atoms with Crippen molar-refractivity contribution in [2.45, 2.75) is 78.7 Å². The summed E-state index contributed by atoms with van der Waals surface area (Å²) < 4.78 is 44.8. The highest BCUT2D eigenvalue weighted by molar-refractivity contribution is 7.62. The Morgan fingerprint density at radius 2 is 1.32 bits per heavy atom. The van der Waals surface area contributed by atoms with Gasteiger partial charge in [-0.15, -0.1) is 0 Å². The lowest BCUT2D eigenvalue weighted by molar-refractivity contribution is -0.171. The number of carbonyl (C=O) groups excluding carboxylic acids is 4. The fourth-order valence-corrected chi connectivity index (χ4v) is 8.99. The predicted octanol–water partition coefficient (Wildman–Crippen LogP) is 10.2. The van der Waals surface area contributed by atoms with Crippen LogP contribution in [0.15, 0.2) is 150 Å². The molecule has 14 nitrogen and oxygen atoms in total. The summed E-state index contributed by atoms with van der Waals surface area (Å²) in [7, 11) is -4.00. The van der Waals surface area contributed by atoms with Gasteiger partial charge in [0.1, 0.15) is 29.4 Å². The second-order valence-corrected chi connectivity index (χ2v) is 17.8. The molecule has 3 amide bonds. The van der Waals surface area contributed by atoms with Gasteiger partial charge in [0.2, 0.25) is 12.3 Å². The van der Waals surface area contributed by atoms with Crippen molar-refractivity contribution in [1.82, 2.24) is 15.7 Å². The van der Waals surface area contributed by atoms with E-state index in [0.717, 1.165) is 34.6 Å². The molecule has 1 aromatic heterocycles. The zero-order valence-corrected chi connectivity index (χ0v) is 39.4. The summed E-state index contributed by atoms with van der Waals surface area (Å²) in [6, 6.07) is 41.9. The maximum absolute atomic E-state index is 14.7. The molecule has 0 fully saturated rings. The Morgan fingerprint density at radius 3 is 1.93 bits per heavy atom. The van der Waals surface area contributed by atoms with Crippen molar-refractivity contribution >= 4 is 37.1 Å². The van der Waals surface area contributed by atoms with Crippen molar-refractivity contribution in [2.75, 3.05) is 13.3 Å². The van der Waals surface area contributed by atoms with Gasteiger partial charge in [0.15, 0.2) is 5.76 Å². The van der Waals surface area contributed by atoms with Crippen LogP contribution in [0.5, 0.6) is 11.5 Å². The molecule has 0 aliphatic heterocycles. The third kappa shape index (κ3) is 14.3. The van der Waals surface area contributed by atoms with Gasteiger partial charge in [0, 0.05) is 5.56 Å². The van der Waals surface area contributed by atoms with Crippen LogP contribution in [0, 0.1) is 5.92 Å². The minimum Gasteiger partial charge on any atom is -0.494 e. The smallest absolute Gasteiger partial charge is 0.366 e. The molecule has 5 aromatic carbocycles. The minimum absolute atomic E-state index is 0.0187. The molecule has 0 radical (unpaired) electrons. The van der Waals surface area contributed by atoms with Crippen molar-refractivity contribution in [3.63, 3.8) is 0 Å². The van der Waals surface area contributed by atoms with Crippen molar-refractivity contribution in [3.8, 4) is 22.8 Å². The minimum atomic E-state index is -4.00. The topological polar surface area (TPSA) is 172 Å². The van der Waals surface area contributed by atoms with Crippen LogP contribution >= 0.6 is 7.60 Å². The van der Waals surface area contributed by atoms with E-state index in [9.17, 15) is 23.7 Å². The van der Waals surface area contributed by atoms with Crippen LogP contribution < -0.4 is 25.4 Å². The lowest BCUT2D eigenvalue weighted by Crippen LogP contribution is -2.49. The number of furan rings is 1. The summed E-state index contributed by atoms with van der Waals surface area (Å²) in [5, 5.41) is 6.57. The molecule has 0 aliphatic carbocycles. The monoisotopic (exact) mass is 943 g/mol. The van der Waals surface area contributed by atoms with Gasteiger partial charge >= 0.3 is 13.6 Å². The van der Waals surface area contributed by atoms with Gasteiger partial charge in [-0.1, -0.05) is 136 Å². The molecule has 0 saturated heterocycles. The summed E-state index contributed by atoms with van der Waals surface area (Å²) in [4.78, 5) is 59.1. The maximum atomic E-state index is 14.7. The van der Waals surface area contributed by atoms with Crippen LogP contribution in [-0.4, -0.2) is 48.6 Å². The van der Waals surface area contributed by atoms with E-state index in [1.54, 1.807) is 55.5 Å². The Balaban J connectivity index is 1.13. The highest BCUT2D eigenvalue weighted by Crippen LogP contribution is 2.50. The molecule has 6 rings (SSSR count). The number of hydrogen-bond acceptors (Lipinski definition) is 11. The molecule has 356 valence electrons. The highest BCUT2D eigenvalue weighted by atomic mass is 31.2. The molecular weight excluding hydrogens is 886 g/mol. The van der Waals surface area contributed by atoms with E-state index in [1.165, 1.54) is 6.07 Å². The summed E-state index contributed by atoms with van der Waals surface area (Å²) in [6.45, 7) is 5.95. The average Bonchev–Trinajstić information content (AvgIpc) is 3.88. The van der Waals surface area contributed by atoms with Gasteiger partial charge in [-0.25, -0.2) is 4.79 Å². The normalized spacial score (nSPS) is 12.0. The van der Waals surface area contributed by atoms with E-state index in [4.69, 9.17) is 27.8 Å². The van der Waals surface area contributed by atoms with Gasteiger partial charge in [-0.3, -0.25) is 18.9 Å². The first kappa shape index (κ1) is 50.4. The first-order chi connectivity index (χ1) is 33.1. The van der Waals surface area contributed by atoms with Crippen molar-refractivity contribution in [3.05, 3.63) is 174 Å². The summed E-state index contributed by atoms with van der Waals surface area (Å²) in [5.74, 6) is -1.80. The molecule has 2 N–H and O–H groups in total. The fraction of sp³-hybridized carbons (Fsp3) is 0.283. The lowest BCUT2D eigenvalue weighted by Gasteiger charge is -2.32. The zero-order chi connectivity index (χ0) is 48.1. The quantitative estimate of drug-likeness (QED) is 0.0166. The second kappa shape index (κ2) is 25.8. The van der Waals surface area contributed by atoms with Crippen LogP contribution in [0.4, 0.5) is 0 Å². The SMILES string of the molecule is CCCCC[C@@H](C(=O)NCNC(=O)c1ccc(-c2cc(OCC)cc(P(=O)(OCc3ccccc3)OCc3ccccc3)c2)o1)[C@@H](CC)N(C=O)OC(=O)c1ccccc1OCc1ccccc1. The number of carbonyl (C=O) groups is 4. The number of benzene rings is 5. The molecular formula is C53H58N3O11P. The van der Waals surface area contributed by atoms with Gasteiger partial charge in [-0.05, 0) is 78.9 Å². The number of amides is 3. The fourth-order valence-electron chi connectivity index (χ4n) is 7.40. The predicted molar refractivity (Wildman–Crippen MR) is 258 cm³/mol. The summed E-state index contributed by atoms with van der Waals surface area (Å²) >= 11 is 0. The van der Waals surface area contributed by atoms with Gasteiger partial charge in [0.25, 0.3) is 5.91 Å². The number of ether oxygens (including phenoxy) is 2. The Kier molecular flexibility index (Phi) is 19.1. The molecule has 15 heteroatoms. The number of para-hydroxylation sites is 1. The largest absolute Gasteiger partial charge is 0.494 e. The molecule has 1 heterocycles. The first-order valence-electron chi connectivity index (χ1n) is 22.8. The van der Waals surface area contributed by atoms with E-state index < -0.39 is 37.3 Å². The van der Waals surface area contributed by atoms with E-state index in [-0.39, 0.29) is 61.0 Å². The van der Waals surface area contributed by atoms with E-state index >= 15 is 0 Å². The van der Waals surface area contributed by atoms with E-state index in [1.807, 2.05) is 105 Å². The third-order valence-electron chi connectivity index (χ3n) is 10.9. The van der Waals surface area contributed by atoms with Crippen LogP contribution in [0.1, 0.15) is 90.5 Å². The molecule has 0 bridgehead atoms. The molecule has 0 saturated carbocycles. The van der Waals surface area contributed by atoms with Crippen LogP contribution in [0.3, 0.4) is 0 Å². The highest BCUT2D eigenvalue weighted by Gasteiger charge is 2.34. The number of unbranched alkanes of at least 4 members (excludes halogenated alkanes) is 2. The maximum Gasteiger partial charge on any atom is 0.366 e. The Hall–Kier alpha value is -6.99. The van der Waals surface area contributed by atoms with Gasteiger partial charge < -0.3 is 38.4 Å². The average molecular weight is 944 g/mol. The van der Waals surface area contributed by atoms with E-state index in [2.05, 4.69) is 10.6 Å². The molecule has 2 atom stereocenters. The first-order valence-corrected chi connectivity index (χ1v) is 24.3. The zero-order valence-electron chi connectivity index (χ0n) is 38.5. The van der Waals surface area contributed by atoms with Crippen molar-refractivity contribution in [2.24, 2.45) is 5.92 Å². The van der Waals surface area contributed by atoms with Gasteiger partial charge in [-0.2, -0.15) is 5.06 Å². The number of nitrogens with zero attached hydrogens (tertiary/aromatic N) is 1. The third-order valence-corrected chi connectivity index (χ3v) is 12.8. The second-order valence-electron chi connectivity index (χ2n) is 15.7. The van der Waals surface area contributed by atoms with Gasteiger partial charge in [0.05, 0.1) is 43.8 Å². The molecule has 0 aliphatic rings. The Labute approximate surface area is 397 Å². The van der Waals surface area contributed by atoms with Crippen molar-refractivity contribution in [1.29, 1.82) is 0 Å². The van der Waals surface area contributed by atoms with E-state index in [0.29, 0.717) is 37.2 Å². The summed E-state index contributed by atoms with van der Waals surface area (Å²) in [5.41, 5.74) is 3.08. The molecule has 6 aromatic rings. The lowest BCUT2D eigenvalue weighted by atomic mass is 9.90. The Morgan fingerprint density at radius 1 is 0.706 bits per heavy atom. The number of hydrogen-bond donors (Lipinski definition) is 2. The van der Waals surface area contributed by atoms with Crippen LogP contribution in [-0.2, 0) is 47.9 Å². The van der Waals surface area contributed by atoms with Crippen molar-refractivity contribution < 1.29 is 51.5 Å². The Bertz CT molecular complexity index is 2540. The van der Waals surface area contributed by atoms with Crippen LogP contribution in [0.2, 0.25) is 0 Å². The number of nitrogens with one attached hydrogen (secondary N) is 2. The molecule has 68 heavy (non-hydrogen) atoms.